The Morgan fingerprint density at radius 2 is 0.950 bits per heavy atom. The van der Waals surface area contributed by atoms with Gasteiger partial charge in [0.1, 0.15) is 0 Å². The maximum absolute atomic E-state index is 4.07. The molecule has 0 saturated carbocycles. The average Bonchev–Trinajstić information content (AvgIpc) is 3.66. The molecule has 0 unspecified atom stereocenters. The van der Waals surface area contributed by atoms with Crippen LogP contribution in [0.4, 0.5) is 17.1 Å². The number of benzene rings is 9. The molecule has 9 aromatic carbocycles. The molecule has 0 aliphatic heterocycles. The van der Waals surface area contributed by atoms with Gasteiger partial charge in [0.15, 0.2) is 0 Å². The van der Waals surface area contributed by atoms with Crippen molar-refractivity contribution in [3.05, 3.63) is 240 Å². The lowest BCUT2D eigenvalue weighted by molar-refractivity contribution is 1.24. The van der Waals surface area contributed by atoms with Crippen LogP contribution in [0.3, 0.4) is 0 Å². The van der Waals surface area contributed by atoms with E-state index in [9.17, 15) is 0 Å². The fourth-order valence-electron chi connectivity index (χ4n) is 8.74. The number of fused-ring (bicyclic) bond motifs is 4. The maximum atomic E-state index is 4.07. The van der Waals surface area contributed by atoms with Gasteiger partial charge in [-0.1, -0.05) is 164 Å². The van der Waals surface area contributed by atoms with Crippen molar-refractivity contribution < 1.29 is 0 Å². The SMILES string of the molecule is C=Cc1ccccc1-c1cc(-c2ccc(C)c(-c3ccc(N(c4ccc5c(c4)-c4ccccc4C5)c4ccc5ccccc5c4)cc3C)c2)ccc1C.Cc1ccccc1. The molecule has 1 aliphatic carbocycles. The lowest BCUT2D eigenvalue weighted by Crippen LogP contribution is -2.10. The molecule has 1 aliphatic rings. The van der Waals surface area contributed by atoms with E-state index in [0.29, 0.717) is 0 Å². The average molecular weight is 772 g/mol. The van der Waals surface area contributed by atoms with Crippen molar-refractivity contribution in [1.82, 2.24) is 0 Å². The Labute approximate surface area is 355 Å². The summed E-state index contributed by atoms with van der Waals surface area (Å²) in [6.45, 7) is 12.8. The molecule has 1 heteroatoms. The van der Waals surface area contributed by atoms with E-state index in [4.69, 9.17) is 0 Å². The van der Waals surface area contributed by atoms with Gasteiger partial charge in [-0.25, -0.2) is 0 Å². The zero-order chi connectivity index (χ0) is 41.2. The molecule has 0 heterocycles. The van der Waals surface area contributed by atoms with Gasteiger partial charge in [-0.3, -0.25) is 0 Å². The Hall–Kier alpha value is -7.22. The Balaban J connectivity index is 0.000000602. The van der Waals surface area contributed by atoms with Crippen molar-refractivity contribution >= 4 is 33.9 Å². The van der Waals surface area contributed by atoms with E-state index in [1.54, 1.807) is 0 Å². The molecule has 290 valence electrons. The summed E-state index contributed by atoms with van der Waals surface area (Å²) in [6, 6.07) is 70.7. The molecular weight excluding hydrogens is 723 g/mol. The predicted molar refractivity (Wildman–Crippen MR) is 259 cm³/mol. The fourth-order valence-corrected chi connectivity index (χ4v) is 8.74. The van der Waals surface area contributed by atoms with Crippen molar-refractivity contribution in [3.8, 4) is 44.5 Å². The van der Waals surface area contributed by atoms with Crippen LogP contribution < -0.4 is 4.90 Å². The lowest BCUT2D eigenvalue weighted by Gasteiger charge is -2.27. The first kappa shape index (κ1) is 38.3. The van der Waals surface area contributed by atoms with Crippen molar-refractivity contribution in [3.63, 3.8) is 0 Å². The number of hydrogen-bond donors (Lipinski definition) is 0. The Kier molecular flexibility index (Phi) is 10.6. The van der Waals surface area contributed by atoms with Gasteiger partial charge < -0.3 is 4.90 Å². The number of nitrogens with zero attached hydrogens (tertiary/aromatic N) is 1. The van der Waals surface area contributed by atoms with E-state index < -0.39 is 0 Å². The van der Waals surface area contributed by atoms with Crippen LogP contribution in [0.1, 0.15) is 38.9 Å². The summed E-state index contributed by atoms with van der Waals surface area (Å²) in [5.74, 6) is 0. The third-order valence-electron chi connectivity index (χ3n) is 12.0. The third kappa shape index (κ3) is 7.59. The van der Waals surface area contributed by atoms with Crippen molar-refractivity contribution in [2.45, 2.75) is 34.1 Å². The van der Waals surface area contributed by atoms with Crippen LogP contribution in [0, 0.1) is 27.7 Å². The molecule has 9 aromatic rings. The van der Waals surface area contributed by atoms with Gasteiger partial charge in [-0.15, -0.1) is 0 Å². The Morgan fingerprint density at radius 1 is 0.383 bits per heavy atom. The summed E-state index contributed by atoms with van der Waals surface area (Å²) in [7, 11) is 0. The monoisotopic (exact) mass is 771 g/mol. The summed E-state index contributed by atoms with van der Waals surface area (Å²) in [5.41, 5.74) is 22.5. The summed E-state index contributed by atoms with van der Waals surface area (Å²) in [4.78, 5) is 2.42. The van der Waals surface area contributed by atoms with Crippen molar-refractivity contribution in [1.29, 1.82) is 0 Å². The van der Waals surface area contributed by atoms with Gasteiger partial charge in [-0.2, -0.15) is 0 Å². The zero-order valence-corrected chi connectivity index (χ0v) is 34.9. The van der Waals surface area contributed by atoms with Gasteiger partial charge in [0.25, 0.3) is 0 Å². The number of anilines is 3. The zero-order valence-electron chi connectivity index (χ0n) is 34.9. The van der Waals surface area contributed by atoms with Crippen LogP contribution in [0.25, 0.3) is 61.4 Å². The van der Waals surface area contributed by atoms with Crippen LogP contribution in [-0.2, 0) is 6.42 Å². The molecule has 0 amide bonds. The number of hydrogen-bond acceptors (Lipinski definition) is 1. The molecular formula is C59H49N. The van der Waals surface area contributed by atoms with Gasteiger partial charge in [-0.05, 0) is 171 Å². The van der Waals surface area contributed by atoms with Crippen molar-refractivity contribution in [2.75, 3.05) is 4.90 Å². The second-order valence-electron chi connectivity index (χ2n) is 16.0. The molecule has 10 rings (SSSR count). The quantitative estimate of drug-likeness (QED) is 0.156. The lowest BCUT2D eigenvalue weighted by atomic mass is 9.90. The minimum absolute atomic E-state index is 0.986. The highest BCUT2D eigenvalue weighted by Gasteiger charge is 2.22. The minimum atomic E-state index is 0.986. The molecule has 0 spiro atoms. The Morgan fingerprint density at radius 3 is 1.65 bits per heavy atom. The van der Waals surface area contributed by atoms with Crippen LogP contribution >= 0.6 is 0 Å². The first-order valence-corrected chi connectivity index (χ1v) is 20.9. The van der Waals surface area contributed by atoms with E-state index in [2.05, 4.69) is 215 Å². The highest BCUT2D eigenvalue weighted by molar-refractivity contribution is 5.91. The predicted octanol–water partition coefficient (Wildman–Crippen LogP) is 16.4. The minimum Gasteiger partial charge on any atom is -0.310 e. The van der Waals surface area contributed by atoms with E-state index in [0.717, 1.165) is 29.0 Å². The van der Waals surface area contributed by atoms with E-state index in [1.807, 2.05) is 24.3 Å². The van der Waals surface area contributed by atoms with Crippen LogP contribution in [0.15, 0.2) is 201 Å². The molecule has 0 fully saturated rings. The second-order valence-corrected chi connectivity index (χ2v) is 16.0. The molecule has 0 radical (unpaired) electrons. The molecule has 0 aromatic heterocycles. The molecule has 1 nitrogen and oxygen atoms in total. The van der Waals surface area contributed by atoms with E-state index >= 15 is 0 Å². The summed E-state index contributed by atoms with van der Waals surface area (Å²) >= 11 is 0. The molecule has 0 bridgehead atoms. The van der Waals surface area contributed by atoms with Gasteiger partial charge in [0, 0.05) is 17.1 Å². The van der Waals surface area contributed by atoms with Crippen LogP contribution in [-0.4, -0.2) is 0 Å². The summed E-state index contributed by atoms with van der Waals surface area (Å²) < 4.78 is 0. The summed E-state index contributed by atoms with van der Waals surface area (Å²) in [5, 5.41) is 2.47. The molecule has 60 heavy (non-hydrogen) atoms. The molecule has 0 atom stereocenters. The van der Waals surface area contributed by atoms with E-state index in [-0.39, 0.29) is 0 Å². The molecule has 0 N–H and O–H groups in total. The van der Waals surface area contributed by atoms with Crippen LogP contribution in [0.2, 0.25) is 0 Å². The topological polar surface area (TPSA) is 3.24 Å². The number of aryl methyl sites for hydroxylation is 4. The van der Waals surface area contributed by atoms with Gasteiger partial charge in [0.2, 0.25) is 0 Å². The third-order valence-corrected chi connectivity index (χ3v) is 12.0. The smallest absolute Gasteiger partial charge is 0.0468 e. The highest BCUT2D eigenvalue weighted by atomic mass is 15.1. The fraction of sp³-hybridized carbons (Fsp3) is 0.0847. The van der Waals surface area contributed by atoms with E-state index in [1.165, 1.54) is 88.7 Å². The normalized spacial score (nSPS) is 11.3. The molecule has 0 saturated heterocycles. The first-order valence-electron chi connectivity index (χ1n) is 20.9. The van der Waals surface area contributed by atoms with Crippen molar-refractivity contribution in [2.24, 2.45) is 0 Å². The Bertz CT molecular complexity index is 3020. The standard InChI is InChI=1S/C52H41N.C7H8/c1-5-37-12-8-10-16-48(37)51-32-41(21-19-35(51)3)40-20-18-34(2)50(31-40)47-27-26-44(28-36(47)4)53(45-24-22-38-13-6-7-14-39(38)30-45)46-25-23-43-29-42-15-9-11-17-49(42)52(43)33-46;1-7-5-3-2-4-6-7/h5-28,30-33H,1,29H2,2-4H3;2-6H,1H3. The summed E-state index contributed by atoms with van der Waals surface area (Å²) in [6.07, 6.45) is 2.93. The maximum Gasteiger partial charge on any atom is 0.0468 e. The largest absolute Gasteiger partial charge is 0.310 e. The number of rotatable bonds is 7. The van der Waals surface area contributed by atoms with Gasteiger partial charge in [0.05, 0.1) is 0 Å². The highest BCUT2D eigenvalue weighted by Crippen LogP contribution is 2.44. The second kappa shape index (κ2) is 16.6. The first-order chi connectivity index (χ1) is 29.3. The van der Waals surface area contributed by atoms with Crippen LogP contribution in [0.5, 0.6) is 0 Å². The van der Waals surface area contributed by atoms with Gasteiger partial charge >= 0.3 is 0 Å².